The minimum Gasteiger partial charge on any atom is -0.483 e. The van der Waals surface area contributed by atoms with E-state index in [1.54, 1.807) is 6.92 Å². The number of ether oxygens (including phenoxy) is 1. The molecule has 5 heteroatoms. The van der Waals surface area contributed by atoms with Crippen LogP contribution >= 0.6 is 0 Å². The van der Waals surface area contributed by atoms with Gasteiger partial charge in [0, 0.05) is 12.1 Å². The van der Waals surface area contributed by atoms with Gasteiger partial charge in [0.2, 0.25) is 0 Å². The van der Waals surface area contributed by atoms with Crippen molar-refractivity contribution in [3.63, 3.8) is 0 Å². The molecule has 1 heterocycles. The molecule has 0 fully saturated rings. The Balaban J connectivity index is 2.03. The largest absolute Gasteiger partial charge is 0.483 e. The molecule has 0 spiro atoms. The predicted molar refractivity (Wildman–Crippen MR) is 62.6 cm³/mol. The van der Waals surface area contributed by atoms with E-state index in [9.17, 15) is 0 Å². The van der Waals surface area contributed by atoms with Crippen molar-refractivity contribution in [3.05, 3.63) is 41.5 Å². The summed E-state index contributed by atoms with van der Waals surface area (Å²) in [5, 5.41) is 6.80. The standard InChI is InChI=1S/C12H15N3O2/c1-9-14-12(17-15-9)8-16-11-6-4-3-5-10(11)7-13-2/h3-6,13H,7-8H2,1-2H3. The molecule has 0 aliphatic carbocycles. The second kappa shape index (κ2) is 5.45. The highest BCUT2D eigenvalue weighted by Gasteiger charge is 2.06. The number of para-hydroxylation sites is 1. The average molecular weight is 233 g/mol. The molecule has 0 aliphatic rings. The third-order valence-corrected chi connectivity index (χ3v) is 2.26. The van der Waals surface area contributed by atoms with E-state index in [1.807, 2.05) is 31.3 Å². The molecule has 0 amide bonds. The lowest BCUT2D eigenvalue weighted by Crippen LogP contribution is -2.07. The van der Waals surface area contributed by atoms with E-state index < -0.39 is 0 Å². The van der Waals surface area contributed by atoms with Crippen LogP contribution in [0, 0.1) is 6.92 Å². The molecule has 0 atom stereocenters. The summed E-state index contributed by atoms with van der Waals surface area (Å²) in [6.07, 6.45) is 0. The third-order valence-electron chi connectivity index (χ3n) is 2.26. The maximum absolute atomic E-state index is 5.65. The Bertz CT molecular complexity index is 482. The Labute approximate surface area is 99.8 Å². The first kappa shape index (κ1) is 11.6. The van der Waals surface area contributed by atoms with Crippen LogP contribution in [0.15, 0.2) is 28.8 Å². The van der Waals surface area contributed by atoms with Crippen molar-refractivity contribution < 1.29 is 9.26 Å². The maximum Gasteiger partial charge on any atom is 0.264 e. The molecule has 17 heavy (non-hydrogen) atoms. The number of aryl methyl sites for hydroxylation is 1. The second-order valence-corrected chi connectivity index (χ2v) is 3.66. The minimum absolute atomic E-state index is 0.293. The first-order valence-corrected chi connectivity index (χ1v) is 5.44. The van der Waals surface area contributed by atoms with Gasteiger partial charge in [-0.05, 0) is 20.0 Å². The number of benzene rings is 1. The Morgan fingerprint density at radius 3 is 2.88 bits per heavy atom. The topological polar surface area (TPSA) is 60.2 Å². The third kappa shape index (κ3) is 3.04. The highest BCUT2D eigenvalue weighted by atomic mass is 16.5. The van der Waals surface area contributed by atoms with Crippen LogP contribution in [0.25, 0.3) is 0 Å². The minimum atomic E-state index is 0.293. The summed E-state index contributed by atoms with van der Waals surface area (Å²) in [5.74, 6) is 1.94. The molecule has 0 saturated heterocycles. The molecule has 90 valence electrons. The van der Waals surface area contributed by atoms with Gasteiger partial charge in [-0.3, -0.25) is 0 Å². The molecule has 0 unspecified atom stereocenters. The molecular formula is C12H15N3O2. The smallest absolute Gasteiger partial charge is 0.264 e. The highest BCUT2D eigenvalue weighted by molar-refractivity contribution is 5.33. The van der Waals surface area contributed by atoms with E-state index in [1.165, 1.54) is 0 Å². The van der Waals surface area contributed by atoms with Crippen LogP contribution in [0.2, 0.25) is 0 Å². The van der Waals surface area contributed by atoms with Gasteiger partial charge >= 0.3 is 0 Å². The van der Waals surface area contributed by atoms with Gasteiger partial charge in [-0.2, -0.15) is 4.98 Å². The molecule has 2 rings (SSSR count). The van der Waals surface area contributed by atoms with E-state index in [0.29, 0.717) is 18.3 Å². The normalized spacial score (nSPS) is 10.5. The molecule has 1 N–H and O–H groups in total. The van der Waals surface area contributed by atoms with Gasteiger partial charge in [0.25, 0.3) is 5.89 Å². The summed E-state index contributed by atoms with van der Waals surface area (Å²) in [7, 11) is 1.90. The lowest BCUT2D eigenvalue weighted by Gasteiger charge is -2.09. The zero-order chi connectivity index (χ0) is 12.1. The van der Waals surface area contributed by atoms with E-state index in [0.717, 1.165) is 17.9 Å². The van der Waals surface area contributed by atoms with Crippen molar-refractivity contribution in [1.29, 1.82) is 0 Å². The summed E-state index contributed by atoms with van der Waals surface area (Å²) in [6, 6.07) is 7.87. The summed E-state index contributed by atoms with van der Waals surface area (Å²) < 4.78 is 10.6. The van der Waals surface area contributed by atoms with Crippen LogP contribution in [-0.4, -0.2) is 17.2 Å². The maximum atomic E-state index is 5.65. The quantitative estimate of drug-likeness (QED) is 0.851. The lowest BCUT2D eigenvalue weighted by molar-refractivity contribution is 0.240. The molecule has 1 aromatic carbocycles. The van der Waals surface area contributed by atoms with Crippen LogP contribution in [0.4, 0.5) is 0 Å². The summed E-state index contributed by atoms with van der Waals surface area (Å²) >= 11 is 0. The van der Waals surface area contributed by atoms with Gasteiger partial charge in [-0.25, -0.2) is 0 Å². The van der Waals surface area contributed by atoms with Crippen LogP contribution in [0.1, 0.15) is 17.3 Å². The van der Waals surface area contributed by atoms with Crippen molar-refractivity contribution in [2.45, 2.75) is 20.1 Å². The number of hydrogen-bond donors (Lipinski definition) is 1. The van der Waals surface area contributed by atoms with E-state index in [2.05, 4.69) is 15.5 Å². The molecule has 5 nitrogen and oxygen atoms in total. The Hall–Kier alpha value is -1.88. The zero-order valence-corrected chi connectivity index (χ0v) is 9.93. The summed E-state index contributed by atoms with van der Waals surface area (Å²) in [6.45, 7) is 2.84. The second-order valence-electron chi connectivity index (χ2n) is 3.66. The van der Waals surface area contributed by atoms with E-state index in [-0.39, 0.29) is 0 Å². The molecular weight excluding hydrogens is 218 g/mol. The molecule has 0 radical (unpaired) electrons. The summed E-state index contributed by atoms with van der Waals surface area (Å²) in [5.41, 5.74) is 1.10. The Morgan fingerprint density at radius 2 is 2.18 bits per heavy atom. The van der Waals surface area contributed by atoms with Crippen LogP contribution < -0.4 is 10.1 Å². The monoisotopic (exact) mass is 233 g/mol. The molecule has 0 aliphatic heterocycles. The van der Waals surface area contributed by atoms with Gasteiger partial charge in [0.1, 0.15) is 5.75 Å². The molecule has 2 aromatic rings. The van der Waals surface area contributed by atoms with Crippen LogP contribution in [-0.2, 0) is 13.2 Å². The Kier molecular flexibility index (Phi) is 3.72. The Morgan fingerprint density at radius 1 is 1.35 bits per heavy atom. The van der Waals surface area contributed by atoms with Gasteiger partial charge < -0.3 is 14.6 Å². The number of nitrogens with zero attached hydrogens (tertiary/aromatic N) is 2. The van der Waals surface area contributed by atoms with Crippen LogP contribution in [0.3, 0.4) is 0 Å². The fourth-order valence-electron chi connectivity index (χ4n) is 1.52. The van der Waals surface area contributed by atoms with Gasteiger partial charge in [0.15, 0.2) is 12.4 Å². The van der Waals surface area contributed by atoms with Crippen molar-refractivity contribution in [3.8, 4) is 5.75 Å². The van der Waals surface area contributed by atoms with E-state index in [4.69, 9.17) is 9.26 Å². The highest BCUT2D eigenvalue weighted by Crippen LogP contribution is 2.18. The number of aromatic nitrogens is 2. The molecule has 1 aromatic heterocycles. The molecule has 0 bridgehead atoms. The summed E-state index contributed by atoms with van der Waals surface area (Å²) in [4.78, 5) is 4.08. The number of nitrogens with one attached hydrogen (secondary N) is 1. The van der Waals surface area contributed by atoms with Gasteiger partial charge in [-0.1, -0.05) is 23.4 Å². The lowest BCUT2D eigenvalue weighted by atomic mass is 10.2. The first-order chi connectivity index (χ1) is 8.29. The van der Waals surface area contributed by atoms with Crippen molar-refractivity contribution in [2.75, 3.05) is 7.05 Å². The van der Waals surface area contributed by atoms with Crippen molar-refractivity contribution >= 4 is 0 Å². The zero-order valence-electron chi connectivity index (χ0n) is 9.93. The number of hydrogen-bond acceptors (Lipinski definition) is 5. The van der Waals surface area contributed by atoms with Crippen molar-refractivity contribution in [2.24, 2.45) is 0 Å². The predicted octanol–water partition coefficient (Wildman–Crippen LogP) is 1.68. The SMILES string of the molecule is CNCc1ccccc1OCc1nc(C)no1. The van der Waals surface area contributed by atoms with Gasteiger partial charge in [0.05, 0.1) is 0 Å². The fraction of sp³-hybridized carbons (Fsp3) is 0.333. The average Bonchev–Trinajstić information content (AvgIpc) is 2.74. The first-order valence-electron chi connectivity index (χ1n) is 5.44. The fourth-order valence-corrected chi connectivity index (χ4v) is 1.52. The molecule has 0 saturated carbocycles. The van der Waals surface area contributed by atoms with E-state index >= 15 is 0 Å². The van der Waals surface area contributed by atoms with Crippen molar-refractivity contribution in [1.82, 2.24) is 15.5 Å². The van der Waals surface area contributed by atoms with Gasteiger partial charge in [-0.15, -0.1) is 0 Å². The van der Waals surface area contributed by atoms with Crippen LogP contribution in [0.5, 0.6) is 5.75 Å². The number of rotatable bonds is 5.